The lowest BCUT2D eigenvalue weighted by atomic mass is 10.1. The summed E-state index contributed by atoms with van der Waals surface area (Å²) in [7, 11) is 1.62. The molecule has 0 amide bonds. The maximum Gasteiger partial charge on any atom is 0.221 e. The molecule has 0 saturated carbocycles. The van der Waals surface area contributed by atoms with Crippen LogP contribution in [-0.2, 0) is 0 Å². The van der Waals surface area contributed by atoms with Crippen LogP contribution in [0.4, 0.5) is 5.69 Å². The number of ether oxygens (including phenoxy) is 1. The molecule has 1 heterocycles. The summed E-state index contributed by atoms with van der Waals surface area (Å²) in [6, 6.07) is 7.74. The van der Waals surface area contributed by atoms with Crippen LogP contribution in [0.3, 0.4) is 0 Å². The molecule has 0 atom stereocenters. The lowest BCUT2D eigenvalue weighted by Gasteiger charge is -2.06. The molecule has 2 N–H and O–H groups in total. The second-order valence-corrected chi connectivity index (χ2v) is 3.25. The van der Waals surface area contributed by atoms with Crippen molar-refractivity contribution in [3.8, 4) is 5.88 Å². The van der Waals surface area contributed by atoms with E-state index in [0.29, 0.717) is 5.88 Å². The van der Waals surface area contributed by atoms with Crippen molar-refractivity contribution in [2.45, 2.75) is 6.92 Å². The number of nitrogen functional groups attached to an aromatic ring is 1. The van der Waals surface area contributed by atoms with Crippen molar-refractivity contribution in [3.63, 3.8) is 0 Å². The van der Waals surface area contributed by atoms with Crippen LogP contribution in [0.2, 0.25) is 0 Å². The van der Waals surface area contributed by atoms with Gasteiger partial charge in [0.2, 0.25) is 5.88 Å². The number of benzene rings is 1. The van der Waals surface area contributed by atoms with Crippen LogP contribution in [0.25, 0.3) is 10.8 Å². The first-order valence-corrected chi connectivity index (χ1v) is 4.41. The van der Waals surface area contributed by atoms with Crippen LogP contribution >= 0.6 is 0 Å². The third-order valence-electron chi connectivity index (χ3n) is 2.14. The second-order valence-electron chi connectivity index (χ2n) is 3.25. The number of nitrogens with zero attached hydrogens (tertiary/aromatic N) is 1. The fourth-order valence-corrected chi connectivity index (χ4v) is 1.52. The first-order chi connectivity index (χ1) is 6.70. The van der Waals surface area contributed by atoms with Crippen LogP contribution in [0.15, 0.2) is 24.3 Å². The molecule has 1 aromatic heterocycles. The quantitative estimate of drug-likeness (QED) is 0.697. The third-order valence-corrected chi connectivity index (χ3v) is 2.14. The van der Waals surface area contributed by atoms with Gasteiger partial charge in [0.15, 0.2) is 0 Å². The molecular weight excluding hydrogens is 176 g/mol. The molecule has 0 aliphatic heterocycles. The lowest BCUT2D eigenvalue weighted by molar-refractivity contribution is 0.402. The number of methoxy groups -OCH3 is 1. The number of pyridine rings is 1. The minimum Gasteiger partial charge on any atom is -0.481 e. The van der Waals surface area contributed by atoms with E-state index in [2.05, 4.69) is 4.98 Å². The Morgan fingerprint density at radius 1 is 1.29 bits per heavy atom. The highest BCUT2D eigenvalue weighted by Gasteiger charge is 2.04. The summed E-state index contributed by atoms with van der Waals surface area (Å²) >= 11 is 0. The average molecular weight is 188 g/mol. The fraction of sp³-hybridized carbons (Fsp3) is 0.182. The van der Waals surface area contributed by atoms with Gasteiger partial charge in [0.1, 0.15) is 0 Å². The third kappa shape index (κ3) is 1.37. The van der Waals surface area contributed by atoms with Crippen molar-refractivity contribution in [3.05, 3.63) is 30.0 Å². The number of aromatic nitrogens is 1. The van der Waals surface area contributed by atoms with E-state index < -0.39 is 0 Å². The number of aryl methyl sites for hydroxylation is 1. The second kappa shape index (κ2) is 3.18. The van der Waals surface area contributed by atoms with Crippen LogP contribution < -0.4 is 10.5 Å². The van der Waals surface area contributed by atoms with Crippen LogP contribution in [-0.4, -0.2) is 12.1 Å². The highest BCUT2D eigenvalue weighted by atomic mass is 16.5. The van der Waals surface area contributed by atoms with E-state index in [1.165, 1.54) is 0 Å². The summed E-state index contributed by atoms with van der Waals surface area (Å²) < 4.78 is 5.20. The van der Waals surface area contributed by atoms with Crippen molar-refractivity contribution >= 4 is 16.5 Å². The molecule has 3 nitrogen and oxygen atoms in total. The molecule has 2 rings (SSSR count). The zero-order valence-corrected chi connectivity index (χ0v) is 8.24. The van der Waals surface area contributed by atoms with E-state index in [-0.39, 0.29) is 0 Å². The van der Waals surface area contributed by atoms with Crippen molar-refractivity contribution < 1.29 is 4.74 Å². The summed E-state index contributed by atoms with van der Waals surface area (Å²) in [5.41, 5.74) is 7.37. The Hall–Kier alpha value is -1.77. The number of rotatable bonds is 1. The topological polar surface area (TPSA) is 48.1 Å². The Labute approximate surface area is 82.5 Å². The molecule has 14 heavy (non-hydrogen) atoms. The summed E-state index contributed by atoms with van der Waals surface area (Å²) in [6.45, 7) is 1.94. The first kappa shape index (κ1) is 8.81. The van der Waals surface area contributed by atoms with Gasteiger partial charge >= 0.3 is 0 Å². The van der Waals surface area contributed by atoms with Gasteiger partial charge in [0.05, 0.1) is 7.11 Å². The van der Waals surface area contributed by atoms with E-state index in [0.717, 1.165) is 22.2 Å². The summed E-state index contributed by atoms with van der Waals surface area (Å²) in [6.07, 6.45) is 0. The molecule has 0 radical (unpaired) electrons. The molecule has 3 heteroatoms. The highest BCUT2D eigenvalue weighted by Crippen LogP contribution is 2.25. The number of hydrogen-bond donors (Lipinski definition) is 1. The summed E-state index contributed by atoms with van der Waals surface area (Å²) in [4.78, 5) is 4.28. The van der Waals surface area contributed by atoms with Gasteiger partial charge in [-0.2, -0.15) is 0 Å². The average Bonchev–Trinajstić information content (AvgIpc) is 2.17. The van der Waals surface area contributed by atoms with Crippen LogP contribution in [0, 0.1) is 6.92 Å². The molecule has 1 aromatic carbocycles. The Kier molecular flexibility index (Phi) is 2.00. The number of anilines is 1. The molecule has 72 valence electrons. The predicted molar refractivity (Wildman–Crippen MR) is 57.4 cm³/mol. The molecule has 2 aromatic rings. The maximum absolute atomic E-state index is 5.70. The minimum atomic E-state index is 0.632. The Balaban J connectivity index is 2.81. The standard InChI is InChI=1S/C11H12N2O/c1-7-5-8-3-4-9(12)6-10(8)11(13-7)14-2/h3-6H,12H2,1-2H3. The Bertz CT molecular complexity index is 480. The number of hydrogen-bond acceptors (Lipinski definition) is 3. The Morgan fingerprint density at radius 3 is 2.79 bits per heavy atom. The monoisotopic (exact) mass is 188 g/mol. The van der Waals surface area contributed by atoms with Gasteiger partial charge in [-0.15, -0.1) is 0 Å². The van der Waals surface area contributed by atoms with Crippen molar-refractivity contribution in [1.82, 2.24) is 4.98 Å². The van der Waals surface area contributed by atoms with Gasteiger partial charge < -0.3 is 10.5 Å². The normalized spacial score (nSPS) is 10.4. The SMILES string of the molecule is COc1nc(C)cc2ccc(N)cc12. The zero-order valence-electron chi connectivity index (χ0n) is 8.24. The largest absolute Gasteiger partial charge is 0.481 e. The van der Waals surface area contributed by atoms with Gasteiger partial charge in [0, 0.05) is 16.8 Å². The van der Waals surface area contributed by atoms with Crippen LogP contribution in [0.1, 0.15) is 5.69 Å². The first-order valence-electron chi connectivity index (χ1n) is 4.41. The maximum atomic E-state index is 5.70. The van der Waals surface area contributed by atoms with Gasteiger partial charge in [-0.05, 0) is 30.5 Å². The highest BCUT2D eigenvalue weighted by molar-refractivity contribution is 5.89. The van der Waals surface area contributed by atoms with Gasteiger partial charge in [0.25, 0.3) is 0 Å². The molecule has 0 aliphatic carbocycles. The predicted octanol–water partition coefficient (Wildman–Crippen LogP) is 2.13. The van der Waals surface area contributed by atoms with E-state index in [1.54, 1.807) is 7.11 Å². The molecule has 0 fully saturated rings. The van der Waals surface area contributed by atoms with E-state index >= 15 is 0 Å². The molecular formula is C11H12N2O. The van der Waals surface area contributed by atoms with E-state index in [4.69, 9.17) is 10.5 Å². The van der Waals surface area contributed by atoms with Gasteiger partial charge in [-0.1, -0.05) is 6.07 Å². The minimum absolute atomic E-state index is 0.632. The number of nitrogens with two attached hydrogens (primary N) is 1. The van der Waals surface area contributed by atoms with Crippen molar-refractivity contribution in [1.29, 1.82) is 0 Å². The van der Waals surface area contributed by atoms with Crippen LogP contribution in [0.5, 0.6) is 5.88 Å². The van der Waals surface area contributed by atoms with Crippen molar-refractivity contribution in [2.75, 3.05) is 12.8 Å². The lowest BCUT2D eigenvalue weighted by Crippen LogP contribution is -1.93. The molecule has 0 aliphatic rings. The van der Waals surface area contributed by atoms with E-state index in [9.17, 15) is 0 Å². The van der Waals surface area contributed by atoms with Gasteiger partial charge in [-0.25, -0.2) is 4.98 Å². The number of fused-ring (bicyclic) bond motifs is 1. The smallest absolute Gasteiger partial charge is 0.221 e. The fourth-order valence-electron chi connectivity index (χ4n) is 1.52. The molecule has 0 saturated heterocycles. The summed E-state index contributed by atoms with van der Waals surface area (Å²) in [5.74, 6) is 0.632. The van der Waals surface area contributed by atoms with Crippen molar-refractivity contribution in [2.24, 2.45) is 0 Å². The van der Waals surface area contributed by atoms with E-state index in [1.807, 2.05) is 31.2 Å². The summed E-state index contributed by atoms with van der Waals surface area (Å²) in [5, 5.41) is 2.06. The molecule has 0 spiro atoms. The zero-order chi connectivity index (χ0) is 10.1. The molecule has 0 unspecified atom stereocenters. The van der Waals surface area contributed by atoms with Gasteiger partial charge in [-0.3, -0.25) is 0 Å². The molecule has 0 bridgehead atoms. The Morgan fingerprint density at radius 2 is 2.07 bits per heavy atom.